The van der Waals surface area contributed by atoms with Crippen LogP contribution in [0, 0.1) is 0 Å². The first kappa shape index (κ1) is 21.7. The molecule has 1 aromatic heterocycles. The topological polar surface area (TPSA) is 109 Å². The Labute approximate surface area is 179 Å². The lowest BCUT2D eigenvalue weighted by atomic mass is 9.93. The van der Waals surface area contributed by atoms with Crippen LogP contribution in [0.1, 0.15) is 11.3 Å². The number of benzene rings is 2. The molecule has 10 heteroatoms. The first-order valence-electron chi connectivity index (χ1n) is 9.30. The Hall–Kier alpha value is -3.01. The third kappa shape index (κ3) is 5.76. The van der Waals surface area contributed by atoms with Gasteiger partial charge >= 0.3 is 0 Å². The second kappa shape index (κ2) is 10.7. The zero-order valence-electron chi connectivity index (χ0n) is 16.0. The van der Waals surface area contributed by atoms with Crippen molar-refractivity contribution in [1.82, 2.24) is 20.2 Å². The molecular weight excluding hydrogens is 405 g/mol. The first-order valence-corrected chi connectivity index (χ1v) is 9.68. The van der Waals surface area contributed by atoms with Crippen molar-refractivity contribution in [2.75, 3.05) is 11.9 Å². The van der Waals surface area contributed by atoms with Crippen molar-refractivity contribution < 1.29 is 14.7 Å². The van der Waals surface area contributed by atoms with Gasteiger partial charge in [0.1, 0.15) is 0 Å². The second-order valence-corrected chi connectivity index (χ2v) is 6.89. The highest BCUT2D eigenvalue weighted by Crippen LogP contribution is 2.18. The fraction of sp³-hybridized carbons (Fsp3) is 0.200. The molecule has 1 amide bonds. The van der Waals surface area contributed by atoms with Gasteiger partial charge in [-0.3, -0.25) is 4.79 Å². The minimum Gasteiger partial charge on any atom is -0.396 e. The van der Waals surface area contributed by atoms with Crippen LogP contribution in [-0.2, 0) is 22.4 Å². The number of halogens is 1. The molecule has 30 heavy (non-hydrogen) atoms. The van der Waals surface area contributed by atoms with Crippen molar-refractivity contribution in [3.63, 3.8) is 0 Å². The van der Waals surface area contributed by atoms with E-state index in [1.807, 2.05) is 18.2 Å². The summed E-state index contributed by atoms with van der Waals surface area (Å²) in [6.07, 6.45) is 3.08. The number of carbonyl (C=O) groups excluding carboxylic acids is 2. The van der Waals surface area contributed by atoms with Crippen LogP contribution in [0.5, 0.6) is 0 Å². The summed E-state index contributed by atoms with van der Waals surface area (Å²) in [5.74, 6) is -0.299. The number of carbonyl (C=O) groups is 2. The van der Waals surface area contributed by atoms with Crippen LogP contribution in [0.2, 0.25) is 5.02 Å². The fourth-order valence-electron chi connectivity index (χ4n) is 2.85. The van der Waals surface area contributed by atoms with Crippen molar-refractivity contribution in [3.05, 3.63) is 71.0 Å². The lowest BCUT2D eigenvalue weighted by molar-refractivity contribution is -0.117. The molecule has 0 fully saturated rings. The molecule has 0 saturated heterocycles. The Kier molecular flexibility index (Phi) is 7.72. The Bertz CT molecular complexity index is 996. The molecule has 3 N–H and O–H groups in total. The van der Waals surface area contributed by atoms with Gasteiger partial charge in [-0.1, -0.05) is 35.0 Å². The predicted octanol–water partition coefficient (Wildman–Crippen LogP) is 1.40. The van der Waals surface area contributed by atoms with Gasteiger partial charge in [0.05, 0.1) is 29.8 Å². The molecular formula is C20H20BClN5O3. The minimum absolute atomic E-state index is 0.00852. The van der Waals surface area contributed by atoms with E-state index in [4.69, 9.17) is 16.7 Å². The van der Waals surface area contributed by atoms with Gasteiger partial charge in [-0.2, -0.15) is 0 Å². The zero-order chi connectivity index (χ0) is 21.3. The van der Waals surface area contributed by atoms with Gasteiger partial charge in [0, 0.05) is 23.7 Å². The van der Waals surface area contributed by atoms with E-state index in [0.29, 0.717) is 35.4 Å². The third-order valence-corrected chi connectivity index (χ3v) is 4.74. The Morgan fingerprint density at radius 1 is 1.23 bits per heavy atom. The average Bonchev–Trinajstić information content (AvgIpc) is 3.22. The number of anilines is 1. The maximum atomic E-state index is 12.8. The summed E-state index contributed by atoms with van der Waals surface area (Å²) >= 11 is 6.20. The van der Waals surface area contributed by atoms with Gasteiger partial charge < -0.3 is 20.4 Å². The number of aromatic nitrogens is 3. The van der Waals surface area contributed by atoms with E-state index >= 15 is 0 Å². The van der Waals surface area contributed by atoms with Crippen molar-refractivity contribution in [2.45, 2.75) is 18.9 Å². The highest BCUT2D eigenvalue weighted by atomic mass is 35.5. The first-order chi connectivity index (χ1) is 14.6. The Morgan fingerprint density at radius 3 is 2.70 bits per heavy atom. The quantitative estimate of drug-likeness (QED) is 0.335. The van der Waals surface area contributed by atoms with E-state index in [1.54, 1.807) is 41.2 Å². The van der Waals surface area contributed by atoms with Crippen molar-refractivity contribution in [3.8, 4) is 5.69 Å². The molecule has 153 valence electrons. The maximum Gasteiger partial charge on any atom is 0.291 e. The predicted molar refractivity (Wildman–Crippen MR) is 115 cm³/mol. The van der Waals surface area contributed by atoms with E-state index in [1.165, 1.54) is 7.41 Å². The lowest BCUT2D eigenvalue weighted by Crippen LogP contribution is -2.44. The maximum absolute atomic E-state index is 12.8. The summed E-state index contributed by atoms with van der Waals surface area (Å²) in [6, 6.07) is 13.7. The molecule has 0 bridgehead atoms. The Morgan fingerprint density at radius 2 is 2.00 bits per heavy atom. The van der Waals surface area contributed by atoms with Crippen LogP contribution in [-0.4, -0.2) is 52.3 Å². The Balaban J connectivity index is 1.68. The van der Waals surface area contributed by atoms with Crippen molar-refractivity contribution in [1.29, 1.82) is 0 Å². The number of aliphatic hydroxyl groups is 1. The van der Waals surface area contributed by atoms with Crippen molar-refractivity contribution in [2.24, 2.45) is 0 Å². The van der Waals surface area contributed by atoms with E-state index < -0.39 is 6.04 Å². The second-order valence-electron chi connectivity index (χ2n) is 6.48. The molecule has 0 saturated carbocycles. The van der Waals surface area contributed by atoms with Crippen molar-refractivity contribution >= 4 is 36.8 Å². The summed E-state index contributed by atoms with van der Waals surface area (Å²) in [6.45, 7) is 0.00852. The molecule has 0 unspecified atom stereocenters. The number of nitrogens with zero attached hydrogens (tertiary/aromatic N) is 3. The summed E-state index contributed by atoms with van der Waals surface area (Å²) in [4.78, 5) is 23.5. The molecule has 0 aliphatic rings. The molecule has 1 atom stereocenters. The zero-order valence-corrected chi connectivity index (χ0v) is 16.8. The molecule has 1 radical (unpaired) electrons. The van der Waals surface area contributed by atoms with Crippen LogP contribution in [0.25, 0.3) is 5.69 Å². The number of hydrogen-bond acceptors (Lipinski definition) is 6. The summed E-state index contributed by atoms with van der Waals surface area (Å²) in [5.41, 5.74) is 2.85. The standard InChI is InChI=1S/C20H20BClN5O3/c22-18-4-2-1-3-14(18)11-19(24-21-13-29)20(30)23-15-5-7-17(8-6-15)27-12-16(9-10-28)25-26-27/h1-8,12-13,19,24,28H,9-11H2,(H,23,30)/t19-/m0/s1. The highest BCUT2D eigenvalue weighted by Gasteiger charge is 2.20. The smallest absolute Gasteiger partial charge is 0.291 e. The molecule has 0 aliphatic carbocycles. The van der Waals surface area contributed by atoms with Gasteiger partial charge in [-0.05, 0) is 42.3 Å². The molecule has 3 rings (SSSR count). The van der Waals surface area contributed by atoms with Crippen LogP contribution in [0.4, 0.5) is 5.69 Å². The number of nitrogens with one attached hydrogen (secondary N) is 2. The van der Waals surface area contributed by atoms with Gasteiger partial charge in [0.2, 0.25) is 5.91 Å². The van der Waals surface area contributed by atoms with Gasteiger partial charge in [-0.15, -0.1) is 5.10 Å². The molecule has 1 heterocycles. The number of amides is 1. The normalized spacial score (nSPS) is 11.7. The molecule has 0 aliphatic heterocycles. The van der Waals surface area contributed by atoms with Crippen LogP contribution < -0.4 is 10.5 Å². The van der Waals surface area contributed by atoms with E-state index in [2.05, 4.69) is 20.9 Å². The lowest BCUT2D eigenvalue weighted by Gasteiger charge is -2.18. The van der Waals surface area contributed by atoms with Gasteiger partial charge in [0.25, 0.3) is 7.41 Å². The minimum atomic E-state index is -0.675. The van der Waals surface area contributed by atoms with Gasteiger partial charge in [0.15, 0.2) is 0 Å². The molecule has 2 aromatic carbocycles. The largest absolute Gasteiger partial charge is 0.396 e. The average molecular weight is 425 g/mol. The van der Waals surface area contributed by atoms with E-state index in [-0.39, 0.29) is 12.5 Å². The van der Waals surface area contributed by atoms with Crippen LogP contribution >= 0.6 is 11.6 Å². The fourth-order valence-corrected chi connectivity index (χ4v) is 3.06. The number of hydrogen-bond donors (Lipinski definition) is 3. The molecule has 0 spiro atoms. The highest BCUT2D eigenvalue weighted by molar-refractivity contribution is 6.64. The van der Waals surface area contributed by atoms with Crippen LogP contribution in [0.3, 0.4) is 0 Å². The van der Waals surface area contributed by atoms with Gasteiger partial charge in [-0.25, -0.2) is 4.68 Å². The molecule has 3 aromatic rings. The SMILES string of the molecule is O=C[B]N[C@@H](Cc1ccccc1Cl)C(=O)Nc1ccc(-n2cc(CCO)nn2)cc1. The number of aliphatic hydroxyl groups excluding tert-OH is 1. The third-order valence-electron chi connectivity index (χ3n) is 4.37. The summed E-state index contributed by atoms with van der Waals surface area (Å²) < 4.78 is 1.59. The van der Waals surface area contributed by atoms with E-state index in [9.17, 15) is 9.59 Å². The summed E-state index contributed by atoms with van der Waals surface area (Å²) in [7, 11) is 1.19. The monoisotopic (exact) mass is 424 g/mol. The summed E-state index contributed by atoms with van der Waals surface area (Å²) in [5, 5.41) is 23.2. The van der Waals surface area contributed by atoms with Crippen LogP contribution in [0.15, 0.2) is 54.7 Å². The number of rotatable bonds is 10. The van der Waals surface area contributed by atoms with E-state index in [0.717, 1.165) is 11.3 Å². The molecule has 8 nitrogen and oxygen atoms in total.